The Hall–Kier alpha value is -2.92. The summed E-state index contributed by atoms with van der Waals surface area (Å²) in [5, 5.41) is 2.80. The summed E-state index contributed by atoms with van der Waals surface area (Å²) in [6.07, 6.45) is 3.18. The van der Waals surface area contributed by atoms with E-state index in [1.807, 2.05) is 30.3 Å². The maximum absolute atomic E-state index is 12.2. The fourth-order valence-corrected chi connectivity index (χ4v) is 2.06. The van der Waals surface area contributed by atoms with E-state index in [4.69, 9.17) is 5.73 Å². The highest BCUT2D eigenvalue weighted by atomic mass is 35.5. The summed E-state index contributed by atoms with van der Waals surface area (Å²) >= 11 is 0. The molecule has 0 bridgehead atoms. The number of anilines is 2. The first-order valence-corrected chi connectivity index (χ1v) is 6.76. The van der Waals surface area contributed by atoms with E-state index in [0.29, 0.717) is 16.9 Å². The normalized spacial score (nSPS) is 9.74. The van der Waals surface area contributed by atoms with E-state index in [9.17, 15) is 4.79 Å². The van der Waals surface area contributed by atoms with Gasteiger partial charge in [-0.05, 0) is 30.3 Å². The first kappa shape index (κ1) is 16.5. The number of nitrogen functional groups attached to an aromatic ring is 1. The Balaban J connectivity index is 0.00000192. The van der Waals surface area contributed by atoms with Crippen molar-refractivity contribution < 1.29 is 4.79 Å². The van der Waals surface area contributed by atoms with Crippen LogP contribution in [0, 0.1) is 0 Å². The molecular weight excluding hydrogens is 312 g/mol. The second-order valence-corrected chi connectivity index (χ2v) is 4.71. The second-order valence-electron chi connectivity index (χ2n) is 4.71. The number of hydrogen-bond donors (Lipinski definition) is 2. The van der Waals surface area contributed by atoms with Crippen molar-refractivity contribution >= 4 is 29.7 Å². The fourth-order valence-electron chi connectivity index (χ4n) is 2.06. The number of rotatable bonds is 3. The van der Waals surface area contributed by atoms with Crippen LogP contribution >= 0.6 is 12.4 Å². The molecule has 0 fully saturated rings. The Labute approximate surface area is 140 Å². The van der Waals surface area contributed by atoms with Crippen LogP contribution in [0.15, 0.2) is 67.1 Å². The summed E-state index contributed by atoms with van der Waals surface area (Å²) in [5.41, 5.74) is 9.26. The molecular formula is C17H15ClN4O. The van der Waals surface area contributed by atoms with Gasteiger partial charge in [-0.15, -0.1) is 12.4 Å². The lowest BCUT2D eigenvalue weighted by Gasteiger charge is -2.08. The van der Waals surface area contributed by atoms with Crippen LogP contribution in [0.5, 0.6) is 0 Å². The molecule has 1 aromatic heterocycles. The summed E-state index contributed by atoms with van der Waals surface area (Å²) in [6, 6.07) is 16.2. The highest BCUT2D eigenvalue weighted by molar-refractivity contribution is 6.05. The predicted molar refractivity (Wildman–Crippen MR) is 93.5 cm³/mol. The van der Waals surface area contributed by atoms with Crippen molar-refractivity contribution in [2.75, 3.05) is 11.1 Å². The minimum absolute atomic E-state index is 0. The molecule has 1 heterocycles. The monoisotopic (exact) mass is 326 g/mol. The van der Waals surface area contributed by atoms with Crippen LogP contribution < -0.4 is 11.1 Å². The Kier molecular flexibility index (Phi) is 5.28. The number of nitrogens with zero attached hydrogens (tertiary/aromatic N) is 2. The molecule has 0 saturated carbocycles. The van der Waals surface area contributed by atoms with Gasteiger partial charge < -0.3 is 11.1 Å². The molecule has 5 nitrogen and oxygen atoms in total. The highest BCUT2D eigenvalue weighted by Crippen LogP contribution is 2.20. The zero-order valence-corrected chi connectivity index (χ0v) is 13.0. The van der Waals surface area contributed by atoms with E-state index in [2.05, 4.69) is 15.3 Å². The Morgan fingerprint density at radius 2 is 1.74 bits per heavy atom. The van der Waals surface area contributed by atoms with Crippen molar-refractivity contribution in [1.29, 1.82) is 0 Å². The Bertz CT molecular complexity index is 791. The number of hydrogen-bond acceptors (Lipinski definition) is 4. The quantitative estimate of drug-likeness (QED) is 0.723. The Morgan fingerprint density at radius 3 is 2.39 bits per heavy atom. The van der Waals surface area contributed by atoms with Crippen LogP contribution in [0.4, 0.5) is 11.4 Å². The molecule has 1 amide bonds. The maximum Gasteiger partial charge on any atom is 0.255 e. The number of nitrogens with two attached hydrogens (primary N) is 1. The largest absolute Gasteiger partial charge is 0.397 e. The first-order valence-electron chi connectivity index (χ1n) is 6.76. The standard InChI is InChI=1S/C17H14N4O.ClH/c18-14-3-1-2-4-16(14)21-17(22)13-7-5-12(6-8-13)15-9-10-19-11-20-15;/h1-11H,18H2,(H,21,22);1H. The number of nitrogens with one attached hydrogen (secondary N) is 1. The molecule has 3 N–H and O–H groups in total. The van der Waals surface area contributed by atoms with E-state index >= 15 is 0 Å². The first-order chi connectivity index (χ1) is 10.7. The number of amides is 1. The minimum atomic E-state index is -0.202. The van der Waals surface area contributed by atoms with Crippen LogP contribution in [-0.4, -0.2) is 15.9 Å². The van der Waals surface area contributed by atoms with Gasteiger partial charge >= 0.3 is 0 Å². The SMILES string of the molecule is Cl.Nc1ccccc1NC(=O)c1ccc(-c2ccncn2)cc1. The average molecular weight is 327 g/mol. The fraction of sp³-hybridized carbons (Fsp3) is 0. The third-order valence-corrected chi connectivity index (χ3v) is 3.23. The van der Waals surface area contributed by atoms with E-state index in [-0.39, 0.29) is 18.3 Å². The lowest BCUT2D eigenvalue weighted by Crippen LogP contribution is -2.12. The van der Waals surface area contributed by atoms with Gasteiger partial charge in [0.05, 0.1) is 17.1 Å². The molecule has 3 rings (SSSR count). The van der Waals surface area contributed by atoms with Gasteiger partial charge in [-0.2, -0.15) is 0 Å². The van der Waals surface area contributed by atoms with Crippen LogP contribution in [0.2, 0.25) is 0 Å². The van der Waals surface area contributed by atoms with E-state index in [0.717, 1.165) is 11.3 Å². The lowest BCUT2D eigenvalue weighted by atomic mass is 10.1. The summed E-state index contributed by atoms with van der Waals surface area (Å²) in [6.45, 7) is 0. The van der Waals surface area contributed by atoms with Crippen molar-refractivity contribution in [2.45, 2.75) is 0 Å². The summed E-state index contributed by atoms with van der Waals surface area (Å²) in [4.78, 5) is 20.3. The number of aromatic nitrogens is 2. The van der Waals surface area contributed by atoms with Crippen molar-refractivity contribution in [3.63, 3.8) is 0 Å². The molecule has 2 aromatic carbocycles. The minimum Gasteiger partial charge on any atom is -0.397 e. The number of para-hydroxylation sites is 2. The van der Waals surface area contributed by atoms with Crippen LogP contribution in [-0.2, 0) is 0 Å². The van der Waals surface area contributed by atoms with Gasteiger partial charge in [0.2, 0.25) is 0 Å². The van der Waals surface area contributed by atoms with E-state index in [1.54, 1.807) is 30.5 Å². The molecule has 0 atom stereocenters. The molecule has 0 spiro atoms. The smallest absolute Gasteiger partial charge is 0.255 e. The van der Waals surface area contributed by atoms with Gasteiger partial charge in [0.1, 0.15) is 6.33 Å². The van der Waals surface area contributed by atoms with Crippen molar-refractivity contribution in [1.82, 2.24) is 9.97 Å². The van der Waals surface area contributed by atoms with Gasteiger partial charge in [0.15, 0.2) is 0 Å². The van der Waals surface area contributed by atoms with Gasteiger partial charge in [-0.3, -0.25) is 4.79 Å². The molecule has 0 saturated heterocycles. The summed E-state index contributed by atoms with van der Waals surface area (Å²) in [7, 11) is 0. The molecule has 0 radical (unpaired) electrons. The maximum atomic E-state index is 12.2. The lowest BCUT2D eigenvalue weighted by molar-refractivity contribution is 0.102. The number of halogens is 1. The number of benzene rings is 2. The molecule has 0 unspecified atom stereocenters. The average Bonchev–Trinajstić information content (AvgIpc) is 2.58. The highest BCUT2D eigenvalue weighted by Gasteiger charge is 2.08. The zero-order chi connectivity index (χ0) is 15.4. The van der Waals surface area contributed by atoms with Crippen molar-refractivity contribution in [2.24, 2.45) is 0 Å². The van der Waals surface area contributed by atoms with Crippen molar-refractivity contribution in [3.05, 3.63) is 72.7 Å². The molecule has 3 aromatic rings. The van der Waals surface area contributed by atoms with E-state index < -0.39 is 0 Å². The summed E-state index contributed by atoms with van der Waals surface area (Å²) < 4.78 is 0. The van der Waals surface area contributed by atoms with Crippen LogP contribution in [0.3, 0.4) is 0 Å². The van der Waals surface area contributed by atoms with Crippen molar-refractivity contribution in [3.8, 4) is 11.3 Å². The third-order valence-electron chi connectivity index (χ3n) is 3.23. The number of carbonyl (C=O) groups excluding carboxylic acids is 1. The molecule has 0 aliphatic carbocycles. The third kappa shape index (κ3) is 3.84. The molecule has 6 heteroatoms. The Morgan fingerprint density at radius 1 is 1.00 bits per heavy atom. The second kappa shape index (κ2) is 7.38. The van der Waals surface area contributed by atoms with Gasteiger partial charge in [0, 0.05) is 17.3 Å². The molecule has 116 valence electrons. The molecule has 0 aliphatic rings. The number of carbonyl (C=O) groups is 1. The topological polar surface area (TPSA) is 80.9 Å². The summed E-state index contributed by atoms with van der Waals surface area (Å²) in [5.74, 6) is -0.202. The van der Waals surface area contributed by atoms with Gasteiger partial charge in [-0.25, -0.2) is 9.97 Å². The van der Waals surface area contributed by atoms with Gasteiger partial charge in [0.25, 0.3) is 5.91 Å². The molecule has 23 heavy (non-hydrogen) atoms. The van der Waals surface area contributed by atoms with E-state index in [1.165, 1.54) is 6.33 Å². The van der Waals surface area contributed by atoms with Crippen LogP contribution in [0.1, 0.15) is 10.4 Å². The van der Waals surface area contributed by atoms with Gasteiger partial charge in [-0.1, -0.05) is 24.3 Å². The van der Waals surface area contributed by atoms with Crippen LogP contribution in [0.25, 0.3) is 11.3 Å². The molecule has 0 aliphatic heterocycles. The zero-order valence-electron chi connectivity index (χ0n) is 12.1. The predicted octanol–water partition coefficient (Wildman–Crippen LogP) is 3.40.